The second kappa shape index (κ2) is 26.6. The molecule has 102 heavy (non-hydrogen) atoms. The first-order chi connectivity index (χ1) is 48.8. The summed E-state index contributed by atoms with van der Waals surface area (Å²) in [7, 11) is 0.370. The quantitative estimate of drug-likeness (QED) is 0.0472. The van der Waals surface area contributed by atoms with Crippen LogP contribution in [0, 0.1) is 0 Å². The molecule has 0 aliphatic rings. The van der Waals surface area contributed by atoms with Crippen LogP contribution in [-0.2, 0) is 21.7 Å². The zero-order chi connectivity index (χ0) is 71.7. The molecule has 14 rings (SSSR count). The molecule has 508 valence electrons. The van der Waals surface area contributed by atoms with Crippen molar-refractivity contribution in [3.8, 4) is 61.5 Å². The minimum Gasteiger partial charge on any atom is -0.496 e. The Labute approximate surface area is 599 Å². The number of rotatable bonds is 14. The van der Waals surface area contributed by atoms with Crippen molar-refractivity contribution in [2.45, 2.75) is 112 Å². The van der Waals surface area contributed by atoms with E-state index in [1.807, 2.05) is 92.0 Å². The molecule has 5 nitrogen and oxygen atoms in total. The van der Waals surface area contributed by atoms with Crippen molar-refractivity contribution in [2.24, 2.45) is 4.99 Å². The Hall–Kier alpha value is -10.8. The van der Waals surface area contributed by atoms with Crippen LogP contribution in [0.3, 0.4) is 0 Å². The topological polar surface area (TPSA) is 52.8 Å². The number of methoxy groups -OCH3 is 1. The van der Waals surface area contributed by atoms with Gasteiger partial charge < -0.3 is 18.0 Å². The molecule has 11 aromatic carbocycles. The number of aromatic nitrogens is 1. The molecule has 0 unspecified atom stereocenters. The molecule has 0 fully saturated rings. The zero-order valence-electron chi connectivity index (χ0n) is 61.2. The Morgan fingerprint density at radius 1 is 0.402 bits per heavy atom. The van der Waals surface area contributed by atoms with Gasteiger partial charge in [0.2, 0.25) is 0 Å². The molecule has 0 saturated heterocycles. The van der Waals surface area contributed by atoms with Crippen LogP contribution >= 0.6 is 0 Å². The van der Waals surface area contributed by atoms with Crippen LogP contribution in [0.25, 0.3) is 116 Å². The molecule has 0 aliphatic heterocycles. The number of nitrogens with zero attached hydrogens (tertiary/aromatic N) is 2. The predicted molar refractivity (Wildman–Crippen MR) is 428 cm³/mol. The first-order valence-electron chi connectivity index (χ1n) is 35.4. The molecule has 0 bridgehead atoms. The van der Waals surface area contributed by atoms with Crippen LogP contribution in [0.2, 0.25) is 0 Å². The van der Waals surface area contributed by atoms with Crippen LogP contribution in [0.4, 0.5) is 8.63 Å². The summed E-state index contributed by atoms with van der Waals surface area (Å²) in [6.07, 6.45) is 0. The first kappa shape index (κ1) is 68.3. The van der Waals surface area contributed by atoms with Crippen LogP contribution in [0.15, 0.2) is 274 Å². The lowest BCUT2D eigenvalue weighted by atomic mass is 9.78. The van der Waals surface area contributed by atoms with Crippen molar-refractivity contribution >= 4 is 73.7 Å². The molecule has 0 spiro atoms. The first-order valence-corrected chi connectivity index (χ1v) is 35.4. The van der Waals surface area contributed by atoms with Gasteiger partial charge in [-0.2, -0.15) is 0 Å². The minimum absolute atomic E-state index is 0.00876. The Kier molecular flexibility index (Phi) is 17.8. The van der Waals surface area contributed by atoms with Gasteiger partial charge in [0.1, 0.15) is 28.1 Å². The summed E-state index contributed by atoms with van der Waals surface area (Å²) in [5.74, 6) is 0.492. The number of hydrogen-bond donors (Lipinski definition) is 0. The van der Waals surface area contributed by atoms with Gasteiger partial charge in [-0.1, -0.05) is 320 Å². The third-order valence-corrected chi connectivity index (χ3v) is 20.3. The third kappa shape index (κ3) is 12.6. The number of furan rings is 2. The van der Waals surface area contributed by atoms with Crippen molar-refractivity contribution in [2.75, 3.05) is 14.2 Å². The number of benzene rings is 11. The van der Waals surface area contributed by atoms with Crippen molar-refractivity contribution in [3.05, 3.63) is 311 Å². The molecule has 0 aliphatic carbocycles. The van der Waals surface area contributed by atoms with Gasteiger partial charge in [-0.15, -0.1) is 0 Å². The SMILES string of the molecule is C/N=C(/C(=C(\C(C)=C(/c1ccccc1OC)c1c(-c2cccc(C(C)(C)C)c2)c(-c2cccc3c2oc2ccccc23)c(-c2ccc(-c3ccc(C(C)(C)C)cc3)cc2)n1B(F)F)c1cccc(C(C)(C)C)c1)c1cccc2c1oc1ccccc12)c1ccc(-c2ccc(C(C)(C)C)cc2)cc1. The molecule has 0 saturated carbocycles. The summed E-state index contributed by atoms with van der Waals surface area (Å²) in [6, 6.07) is 88.0. The lowest BCUT2D eigenvalue weighted by molar-refractivity contribution is 0.413. The van der Waals surface area contributed by atoms with Crippen LogP contribution in [0.5, 0.6) is 5.75 Å². The average Bonchev–Trinajstić information content (AvgIpc) is 1.54. The number of hydrogen-bond acceptors (Lipinski definition) is 4. The van der Waals surface area contributed by atoms with E-state index in [2.05, 4.69) is 260 Å². The summed E-state index contributed by atoms with van der Waals surface area (Å²) in [4.78, 5) is 5.44. The highest BCUT2D eigenvalue weighted by Crippen LogP contribution is 2.55. The summed E-state index contributed by atoms with van der Waals surface area (Å²) in [5.41, 5.74) is 20.8. The van der Waals surface area contributed by atoms with Gasteiger partial charge in [-0.3, -0.25) is 13.6 Å². The number of fused-ring (bicyclic) bond motifs is 6. The normalized spacial score (nSPS) is 13.1. The van der Waals surface area contributed by atoms with E-state index in [4.69, 9.17) is 18.6 Å². The van der Waals surface area contributed by atoms with Crippen molar-refractivity contribution in [1.29, 1.82) is 0 Å². The maximum absolute atomic E-state index is 18.6. The highest BCUT2D eigenvalue weighted by Gasteiger charge is 2.39. The van der Waals surface area contributed by atoms with E-state index in [1.165, 1.54) is 15.6 Å². The Balaban J connectivity index is 1.19. The zero-order valence-corrected chi connectivity index (χ0v) is 61.2. The summed E-state index contributed by atoms with van der Waals surface area (Å²) in [5, 5.41) is 3.68. The maximum Gasteiger partial charge on any atom is 0.678 e. The van der Waals surface area contributed by atoms with E-state index >= 15 is 8.63 Å². The lowest BCUT2D eigenvalue weighted by Gasteiger charge is -2.26. The predicted octanol–water partition coefficient (Wildman–Crippen LogP) is 26.1. The Bertz CT molecular complexity index is 5610. The van der Waals surface area contributed by atoms with Crippen molar-refractivity contribution < 1.29 is 22.2 Å². The monoisotopic (exact) mass is 1340 g/mol. The summed E-state index contributed by atoms with van der Waals surface area (Å²) >= 11 is 0. The highest BCUT2D eigenvalue weighted by atomic mass is 19.2. The lowest BCUT2D eigenvalue weighted by Crippen LogP contribution is -2.19. The largest absolute Gasteiger partial charge is 0.678 e. The molecule has 0 radical (unpaired) electrons. The van der Waals surface area contributed by atoms with Gasteiger partial charge >= 0.3 is 7.40 Å². The van der Waals surface area contributed by atoms with E-state index < -0.39 is 7.40 Å². The van der Waals surface area contributed by atoms with Crippen LogP contribution in [0.1, 0.15) is 140 Å². The molecular formula is C94H87BF2N2O3. The summed E-state index contributed by atoms with van der Waals surface area (Å²) in [6.45, 7) is 28.7. The molecule has 3 aromatic heterocycles. The average molecular weight is 1340 g/mol. The van der Waals surface area contributed by atoms with Gasteiger partial charge in [-0.05, 0) is 119 Å². The van der Waals surface area contributed by atoms with E-state index in [0.29, 0.717) is 72.9 Å². The fraction of sp³-hybridized carbons (Fsp3) is 0.202. The Morgan fingerprint density at radius 3 is 1.40 bits per heavy atom. The van der Waals surface area contributed by atoms with Gasteiger partial charge in [0, 0.05) is 78.8 Å². The van der Waals surface area contributed by atoms with Crippen molar-refractivity contribution in [1.82, 2.24) is 4.48 Å². The fourth-order valence-electron chi connectivity index (χ4n) is 14.8. The van der Waals surface area contributed by atoms with E-state index in [-0.39, 0.29) is 27.4 Å². The maximum atomic E-state index is 18.6. The van der Waals surface area contributed by atoms with Gasteiger partial charge in [0.15, 0.2) is 0 Å². The fourth-order valence-corrected chi connectivity index (χ4v) is 14.8. The molecule has 8 heteroatoms. The number of aliphatic imine (C=N–C) groups is 1. The molecule has 0 N–H and O–H groups in total. The molecular weight excluding hydrogens is 1250 g/mol. The van der Waals surface area contributed by atoms with Gasteiger partial charge in [0.25, 0.3) is 0 Å². The third-order valence-electron chi connectivity index (χ3n) is 20.3. The minimum atomic E-state index is -3.14. The molecule has 0 atom stereocenters. The second-order valence-corrected chi connectivity index (χ2v) is 31.1. The summed E-state index contributed by atoms with van der Waals surface area (Å²) < 4.78 is 59.4. The number of allylic oxidation sites excluding steroid dienone is 3. The molecule has 3 heterocycles. The van der Waals surface area contributed by atoms with E-state index in [1.54, 1.807) is 7.11 Å². The van der Waals surface area contributed by atoms with Crippen molar-refractivity contribution in [3.63, 3.8) is 0 Å². The second-order valence-electron chi connectivity index (χ2n) is 31.1. The molecule has 0 amide bonds. The number of ether oxygens (including phenoxy) is 1. The van der Waals surface area contributed by atoms with E-state index in [0.717, 1.165) is 93.9 Å². The standard InChI is InChI=1S/C94H87BF2N2O3/c1-58(81(65-26-22-28-69(56-65)93(8,9)10)84(76-35-24-33-73-71-30-16-20-38-79(71)101-89(73)76)86(98-14)63-44-40-59(41-45-63)61-48-52-67(53-49-61)91(2,3)4)82(75-32-18-19-37-78(75)100-15)88-83(66-27-23-29-70(57-66)94(11,12)13)85(77-36-25-34-74-72-31-17-21-39-80(72)102-90(74)77)87(99(88)95(96)97)64-46-42-60(43-47-64)62-50-54-68(55-51-62)92(5,6)7/h16-57H,1-15H3/b82-58+,84-81+,98-86+. The van der Waals surface area contributed by atoms with Crippen LogP contribution < -0.4 is 4.74 Å². The van der Waals surface area contributed by atoms with Gasteiger partial charge in [0.05, 0.1) is 18.5 Å². The van der Waals surface area contributed by atoms with E-state index in [9.17, 15) is 0 Å². The Morgan fingerprint density at radius 2 is 0.853 bits per heavy atom. The van der Waals surface area contributed by atoms with Gasteiger partial charge in [-0.25, -0.2) is 0 Å². The number of halogens is 2. The highest BCUT2D eigenvalue weighted by molar-refractivity contribution is 6.44. The smallest absolute Gasteiger partial charge is 0.496 e. The van der Waals surface area contributed by atoms with Crippen LogP contribution in [-0.4, -0.2) is 31.7 Å². The molecule has 14 aromatic rings. The number of para-hydroxylation sites is 5.